The van der Waals surface area contributed by atoms with Crippen molar-refractivity contribution in [2.45, 2.75) is 13.8 Å². The summed E-state index contributed by atoms with van der Waals surface area (Å²) in [5.74, 6) is 0.555. The zero-order chi connectivity index (χ0) is 14.5. The van der Waals surface area contributed by atoms with Gasteiger partial charge in [-0.1, -0.05) is 12.1 Å². The van der Waals surface area contributed by atoms with E-state index in [-0.39, 0.29) is 5.91 Å². The Morgan fingerprint density at radius 1 is 1.30 bits per heavy atom. The fourth-order valence-electron chi connectivity index (χ4n) is 2.02. The van der Waals surface area contributed by atoms with Gasteiger partial charge < -0.3 is 10.2 Å². The zero-order valence-electron chi connectivity index (χ0n) is 12.1. The number of pyridine rings is 1. The fraction of sp³-hybridized carbons (Fsp3) is 0.250. The van der Waals surface area contributed by atoms with Gasteiger partial charge in [0.25, 0.3) is 5.91 Å². The number of carbonyl (C=O) groups excluding carboxylic acids is 1. The number of nitrogens with one attached hydrogen (secondary N) is 1. The van der Waals surface area contributed by atoms with Gasteiger partial charge in [-0.2, -0.15) is 0 Å². The Kier molecular flexibility index (Phi) is 4.35. The highest BCUT2D eigenvalue weighted by Gasteiger charge is 2.17. The minimum Gasteiger partial charge on any atom is -0.370 e. The molecule has 0 saturated heterocycles. The van der Waals surface area contributed by atoms with Crippen LogP contribution in [-0.2, 0) is 0 Å². The molecule has 2 aromatic rings. The number of aromatic nitrogens is 1. The van der Waals surface area contributed by atoms with E-state index in [0.29, 0.717) is 11.4 Å². The number of hydrogen-bond acceptors (Lipinski definition) is 3. The normalized spacial score (nSPS) is 10.2. The van der Waals surface area contributed by atoms with Gasteiger partial charge in [0.05, 0.1) is 5.56 Å². The van der Waals surface area contributed by atoms with Crippen molar-refractivity contribution in [1.82, 2.24) is 4.98 Å². The summed E-state index contributed by atoms with van der Waals surface area (Å²) in [5.41, 5.74) is 2.58. The van der Waals surface area contributed by atoms with Crippen LogP contribution in [0.5, 0.6) is 0 Å². The van der Waals surface area contributed by atoms with Crippen LogP contribution >= 0.6 is 0 Å². The lowest BCUT2D eigenvalue weighted by atomic mass is 10.1. The van der Waals surface area contributed by atoms with E-state index in [9.17, 15) is 4.79 Å². The predicted molar refractivity (Wildman–Crippen MR) is 82.3 cm³/mol. The Morgan fingerprint density at radius 3 is 2.80 bits per heavy atom. The topological polar surface area (TPSA) is 45.2 Å². The Balaban J connectivity index is 2.31. The van der Waals surface area contributed by atoms with Crippen molar-refractivity contribution in [1.29, 1.82) is 0 Å². The lowest BCUT2D eigenvalue weighted by Crippen LogP contribution is -2.27. The van der Waals surface area contributed by atoms with Gasteiger partial charge in [-0.25, -0.2) is 4.98 Å². The van der Waals surface area contributed by atoms with E-state index < -0.39 is 0 Å². The molecule has 1 aromatic heterocycles. The molecule has 0 aliphatic carbocycles. The highest BCUT2D eigenvalue weighted by molar-refractivity contribution is 6.08. The molecule has 4 heteroatoms. The molecule has 1 heterocycles. The summed E-state index contributed by atoms with van der Waals surface area (Å²) < 4.78 is 0. The molecule has 0 spiro atoms. The molecule has 0 bridgehead atoms. The second-order valence-corrected chi connectivity index (χ2v) is 4.63. The van der Waals surface area contributed by atoms with Crippen LogP contribution < -0.4 is 10.2 Å². The van der Waals surface area contributed by atoms with Gasteiger partial charge in [0.1, 0.15) is 5.82 Å². The van der Waals surface area contributed by atoms with E-state index in [1.807, 2.05) is 38.1 Å². The zero-order valence-corrected chi connectivity index (χ0v) is 12.1. The number of carbonyl (C=O) groups is 1. The molecule has 104 valence electrons. The standard InChI is InChI=1S/C16H19N3O/c1-4-17-15-14(9-6-10-18-15)16(20)19(3)13-8-5-7-12(2)11-13/h5-11H,4H2,1-3H3,(H,17,18). The maximum Gasteiger partial charge on any atom is 0.261 e. The van der Waals surface area contributed by atoms with Crippen molar-refractivity contribution in [3.63, 3.8) is 0 Å². The predicted octanol–water partition coefficient (Wildman–Crippen LogP) is 3.10. The first-order chi connectivity index (χ1) is 9.63. The van der Waals surface area contributed by atoms with Crippen LogP contribution in [0.4, 0.5) is 11.5 Å². The first-order valence-electron chi connectivity index (χ1n) is 6.67. The second kappa shape index (κ2) is 6.19. The average molecular weight is 269 g/mol. The largest absolute Gasteiger partial charge is 0.370 e. The van der Waals surface area contributed by atoms with E-state index >= 15 is 0 Å². The summed E-state index contributed by atoms with van der Waals surface area (Å²) in [6, 6.07) is 11.4. The number of nitrogens with zero attached hydrogens (tertiary/aromatic N) is 2. The number of aryl methyl sites for hydroxylation is 1. The van der Waals surface area contributed by atoms with Gasteiger partial charge >= 0.3 is 0 Å². The van der Waals surface area contributed by atoms with Crippen LogP contribution in [0.3, 0.4) is 0 Å². The third-order valence-electron chi connectivity index (χ3n) is 3.08. The van der Waals surface area contributed by atoms with E-state index in [1.54, 1.807) is 30.3 Å². The lowest BCUT2D eigenvalue weighted by Gasteiger charge is -2.19. The van der Waals surface area contributed by atoms with E-state index in [0.717, 1.165) is 17.8 Å². The third kappa shape index (κ3) is 2.96. The molecule has 1 amide bonds. The maximum absolute atomic E-state index is 12.6. The Labute approximate surface area is 119 Å². The number of rotatable bonds is 4. The van der Waals surface area contributed by atoms with Gasteiger partial charge in [0.2, 0.25) is 0 Å². The summed E-state index contributed by atoms with van der Waals surface area (Å²) in [5, 5.41) is 3.12. The van der Waals surface area contributed by atoms with Crippen molar-refractivity contribution < 1.29 is 4.79 Å². The summed E-state index contributed by atoms with van der Waals surface area (Å²) in [7, 11) is 1.78. The minimum atomic E-state index is -0.0698. The molecular weight excluding hydrogens is 250 g/mol. The molecule has 1 aromatic carbocycles. The van der Waals surface area contributed by atoms with Gasteiger partial charge in [0, 0.05) is 25.5 Å². The smallest absolute Gasteiger partial charge is 0.261 e. The van der Waals surface area contributed by atoms with E-state index in [4.69, 9.17) is 0 Å². The highest BCUT2D eigenvalue weighted by atomic mass is 16.2. The quantitative estimate of drug-likeness (QED) is 0.927. The first kappa shape index (κ1) is 14.1. The van der Waals surface area contributed by atoms with Crippen LogP contribution in [0.2, 0.25) is 0 Å². The minimum absolute atomic E-state index is 0.0698. The van der Waals surface area contributed by atoms with E-state index in [2.05, 4.69) is 10.3 Å². The number of anilines is 2. The summed E-state index contributed by atoms with van der Waals surface area (Å²) in [4.78, 5) is 18.5. The van der Waals surface area contributed by atoms with Crippen LogP contribution in [0.15, 0.2) is 42.6 Å². The molecule has 4 nitrogen and oxygen atoms in total. The molecule has 0 aliphatic heterocycles. The second-order valence-electron chi connectivity index (χ2n) is 4.63. The van der Waals surface area contributed by atoms with Gasteiger partial charge in [-0.05, 0) is 43.7 Å². The van der Waals surface area contributed by atoms with Crippen LogP contribution in [0, 0.1) is 6.92 Å². The summed E-state index contributed by atoms with van der Waals surface area (Å²) >= 11 is 0. The molecule has 1 N–H and O–H groups in total. The van der Waals surface area contributed by atoms with E-state index in [1.165, 1.54) is 0 Å². The summed E-state index contributed by atoms with van der Waals surface area (Å²) in [6.45, 7) is 4.72. The van der Waals surface area contributed by atoms with Gasteiger partial charge in [0.15, 0.2) is 0 Å². The lowest BCUT2D eigenvalue weighted by molar-refractivity contribution is 0.0993. The number of amides is 1. The fourth-order valence-corrected chi connectivity index (χ4v) is 2.02. The third-order valence-corrected chi connectivity index (χ3v) is 3.08. The molecule has 0 saturated carbocycles. The van der Waals surface area contributed by atoms with Gasteiger partial charge in [-0.3, -0.25) is 4.79 Å². The summed E-state index contributed by atoms with van der Waals surface area (Å²) in [6.07, 6.45) is 1.68. The molecule has 0 fully saturated rings. The maximum atomic E-state index is 12.6. The molecular formula is C16H19N3O. The number of benzene rings is 1. The molecule has 0 radical (unpaired) electrons. The number of hydrogen-bond donors (Lipinski definition) is 1. The molecule has 2 rings (SSSR count). The Bertz CT molecular complexity index is 610. The molecule has 0 aliphatic rings. The van der Waals surface area contributed by atoms with Crippen molar-refractivity contribution in [3.8, 4) is 0 Å². The Hall–Kier alpha value is -2.36. The highest BCUT2D eigenvalue weighted by Crippen LogP contribution is 2.19. The average Bonchev–Trinajstić information content (AvgIpc) is 2.47. The monoisotopic (exact) mass is 269 g/mol. The van der Waals surface area contributed by atoms with Crippen molar-refractivity contribution >= 4 is 17.4 Å². The Morgan fingerprint density at radius 2 is 2.10 bits per heavy atom. The van der Waals surface area contributed by atoms with Crippen LogP contribution in [0.1, 0.15) is 22.8 Å². The van der Waals surface area contributed by atoms with Gasteiger partial charge in [-0.15, -0.1) is 0 Å². The van der Waals surface area contributed by atoms with Crippen LogP contribution in [-0.4, -0.2) is 24.5 Å². The first-order valence-corrected chi connectivity index (χ1v) is 6.67. The molecule has 20 heavy (non-hydrogen) atoms. The van der Waals surface area contributed by atoms with Crippen molar-refractivity contribution in [2.75, 3.05) is 23.8 Å². The van der Waals surface area contributed by atoms with Crippen molar-refractivity contribution in [2.24, 2.45) is 0 Å². The van der Waals surface area contributed by atoms with Crippen molar-refractivity contribution in [3.05, 3.63) is 53.7 Å². The molecule has 0 unspecified atom stereocenters. The SMILES string of the molecule is CCNc1ncccc1C(=O)N(C)c1cccc(C)c1. The van der Waals surface area contributed by atoms with Crippen LogP contribution in [0.25, 0.3) is 0 Å². The molecule has 0 atom stereocenters.